The van der Waals surface area contributed by atoms with Gasteiger partial charge in [-0.05, 0) is 99.0 Å². The maximum absolute atomic E-state index is 14.0. The predicted octanol–water partition coefficient (Wildman–Crippen LogP) is 4.87. The minimum absolute atomic E-state index is 0.0537. The Kier molecular flexibility index (Phi) is 7.98. The number of aliphatic hydroxyl groups excluding tert-OH is 1. The molecule has 5 unspecified atom stereocenters. The Bertz CT molecular complexity index is 1680. The van der Waals surface area contributed by atoms with Crippen molar-refractivity contribution in [3.05, 3.63) is 42.1 Å². The van der Waals surface area contributed by atoms with E-state index in [0.717, 1.165) is 73.4 Å². The summed E-state index contributed by atoms with van der Waals surface area (Å²) in [5.74, 6) is 4.88. The molecule has 8 nitrogen and oxygen atoms in total. The number of fused-ring (bicyclic) bond motifs is 6. The van der Waals surface area contributed by atoms with E-state index in [2.05, 4.69) is 31.8 Å². The highest BCUT2D eigenvalue weighted by atomic mass is 16.3. The lowest BCUT2D eigenvalue weighted by Crippen LogP contribution is -2.69. The van der Waals surface area contributed by atoms with Crippen LogP contribution in [0.25, 0.3) is 10.9 Å². The number of likely N-dealkylation sites (N-methyl/N-ethyl adjacent to an activating group) is 1. The van der Waals surface area contributed by atoms with E-state index in [4.69, 9.17) is 6.42 Å². The van der Waals surface area contributed by atoms with E-state index in [1.54, 1.807) is 11.0 Å². The van der Waals surface area contributed by atoms with Gasteiger partial charge in [0.25, 0.3) is 5.91 Å². The van der Waals surface area contributed by atoms with Gasteiger partial charge in [-0.3, -0.25) is 9.59 Å². The number of pyridine rings is 1. The molecule has 10 atom stereocenters. The quantitative estimate of drug-likeness (QED) is 0.360. The minimum atomic E-state index is -0.988. The lowest BCUT2D eigenvalue weighted by atomic mass is 9.44. The minimum Gasteiger partial charge on any atom is -0.387 e. The van der Waals surface area contributed by atoms with Gasteiger partial charge in [-0.25, -0.2) is 4.98 Å². The Morgan fingerprint density at radius 1 is 0.980 bits per heavy atom. The number of aliphatic hydroxyl groups is 2. The third-order valence-corrected chi connectivity index (χ3v) is 15.6. The Labute approximate surface area is 291 Å². The predicted molar refractivity (Wildman–Crippen MR) is 189 cm³/mol. The maximum Gasteiger partial charge on any atom is 0.273 e. The molecule has 8 heteroatoms. The van der Waals surface area contributed by atoms with Gasteiger partial charge >= 0.3 is 0 Å². The van der Waals surface area contributed by atoms with Gasteiger partial charge < -0.3 is 24.5 Å². The van der Waals surface area contributed by atoms with Gasteiger partial charge in [0.15, 0.2) is 0 Å². The number of amides is 2. The zero-order valence-corrected chi connectivity index (χ0v) is 29.7. The van der Waals surface area contributed by atoms with E-state index >= 15 is 0 Å². The van der Waals surface area contributed by atoms with Gasteiger partial charge in [0, 0.05) is 23.8 Å². The molecule has 6 aliphatic rings. The number of piperazine rings is 1. The Morgan fingerprint density at radius 3 is 2.51 bits per heavy atom. The zero-order valence-electron chi connectivity index (χ0n) is 29.7. The summed E-state index contributed by atoms with van der Waals surface area (Å²) in [5.41, 5.74) is 0.144. The Morgan fingerprint density at radius 2 is 1.73 bits per heavy atom. The maximum atomic E-state index is 14.0. The normalized spacial score (nSPS) is 41.4. The molecular weight excluding hydrogens is 612 g/mol. The van der Waals surface area contributed by atoms with Crippen LogP contribution in [0.3, 0.4) is 0 Å². The highest BCUT2D eigenvalue weighted by Gasteiger charge is 2.66. The molecule has 0 radical (unpaired) electrons. The van der Waals surface area contributed by atoms with Crippen LogP contribution in [0.2, 0.25) is 0 Å². The monoisotopic (exact) mass is 667 g/mol. The summed E-state index contributed by atoms with van der Waals surface area (Å²) in [6.07, 6.45) is 15.1. The first-order chi connectivity index (χ1) is 23.4. The van der Waals surface area contributed by atoms with Crippen molar-refractivity contribution in [2.45, 2.75) is 102 Å². The second kappa shape index (κ2) is 11.8. The molecule has 1 aromatic heterocycles. The van der Waals surface area contributed by atoms with Crippen molar-refractivity contribution in [1.29, 1.82) is 0 Å². The third-order valence-electron chi connectivity index (χ3n) is 15.6. The van der Waals surface area contributed by atoms with Crippen LogP contribution in [0.5, 0.6) is 0 Å². The summed E-state index contributed by atoms with van der Waals surface area (Å²) in [7, 11) is 2.30. The number of hydrogen-bond acceptors (Lipinski definition) is 5. The second-order valence-electron chi connectivity index (χ2n) is 17.5. The van der Waals surface area contributed by atoms with Crippen molar-refractivity contribution < 1.29 is 24.3 Å². The van der Waals surface area contributed by atoms with Crippen LogP contribution in [0.15, 0.2) is 36.4 Å². The summed E-state index contributed by atoms with van der Waals surface area (Å²) >= 11 is 0. The topological polar surface area (TPSA) is 94.0 Å². The number of benzene rings is 1. The Hall–Kier alpha value is -2.99. The van der Waals surface area contributed by atoms with Crippen molar-refractivity contribution in [3.8, 4) is 12.3 Å². The molecule has 0 spiro atoms. The van der Waals surface area contributed by atoms with Crippen LogP contribution < -0.4 is 0 Å². The van der Waals surface area contributed by atoms with E-state index in [0.29, 0.717) is 61.8 Å². The fourth-order valence-corrected chi connectivity index (χ4v) is 12.4. The highest BCUT2D eigenvalue weighted by molar-refractivity contribution is 5.98. The fraction of sp³-hybridized carbons (Fsp3) is 0.683. The first-order valence-electron chi connectivity index (χ1n) is 19.1. The smallest absolute Gasteiger partial charge is 0.273 e. The Balaban J connectivity index is 0.947. The van der Waals surface area contributed by atoms with E-state index < -0.39 is 11.6 Å². The van der Waals surface area contributed by atoms with E-state index in [1.165, 1.54) is 6.42 Å². The van der Waals surface area contributed by atoms with Gasteiger partial charge in [0.2, 0.25) is 5.91 Å². The van der Waals surface area contributed by atoms with Gasteiger partial charge in [-0.1, -0.05) is 44.0 Å². The van der Waals surface area contributed by atoms with Crippen molar-refractivity contribution >= 4 is 22.7 Å². The van der Waals surface area contributed by atoms with Crippen LogP contribution >= 0.6 is 0 Å². The molecule has 3 heterocycles. The molecule has 4 aliphatic carbocycles. The highest BCUT2D eigenvalue weighted by Crippen LogP contribution is 2.68. The summed E-state index contributed by atoms with van der Waals surface area (Å²) in [4.78, 5) is 36.0. The average Bonchev–Trinajstić information content (AvgIpc) is 3.70. The molecular formula is C41H55N4O4+. The van der Waals surface area contributed by atoms with E-state index in [-0.39, 0.29) is 34.8 Å². The molecule has 2 aliphatic heterocycles. The second-order valence-corrected chi connectivity index (χ2v) is 17.5. The van der Waals surface area contributed by atoms with Crippen molar-refractivity contribution in [3.63, 3.8) is 0 Å². The first-order valence-corrected chi connectivity index (χ1v) is 19.1. The molecule has 0 bridgehead atoms. The molecule has 2 N–H and O–H groups in total. The summed E-state index contributed by atoms with van der Waals surface area (Å²) in [5, 5.41) is 24.2. The van der Waals surface area contributed by atoms with Gasteiger partial charge in [0.1, 0.15) is 29.5 Å². The van der Waals surface area contributed by atoms with Crippen LogP contribution in [-0.2, 0) is 4.79 Å². The van der Waals surface area contributed by atoms with Gasteiger partial charge in [0.05, 0.1) is 38.7 Å². The van der Waals surface area contributed by atoms with Gasteiger partial charge in [-0.2, -0.15) is 0 Å². The third kappa shape index (κ3) is 5.00. The number of carbonyl (C=O) groups excluding carboxylic acids is 2. The summed E-state index contributed by atoms with van der Waals surface area (Å²) in [6.45, 7) is 8.27. The lowest BCUT2D eigenvalue weighted by molar-refractivity contribution is -0.942. The number of nitrogens with zero attached hydrogens (tertiary/aromatic N) is 4. The molecule has 2 aromatic rings. The molecule has 8 rings (SSSR count). The summed E-state index contributed by atoms with van der Waals surface area (Å²) in [6, 6.07) is 11.2. The number of likely N-dealkylation sites (tertiary alicyclic amines) is 1. The SMILES string of the molecule is C#C[C@]1(O)CCC2C3CCC4C[C@H](O)[C@@H]([N+]5(C)CCN(C(=O)C6CCCN6C(=O)c6ccc7ccccc7n6)CC5)C[C@]4(C)C3CC[C@@]21C. The van der Waals surface area contributed by atoms with Crippen molar-refractivity contribution in [1.82, 2.24) is 14.8 Å². The van der Waals surface area contributed by atoms with E-state index in [1.807, 2.05) is 35.2 Å². The summed E-state index contributed by atoms with van der Waals surface area (Å²) < 4.78 is 0.789. The number of aromatic nitrogens is 1. The number of quaternary nitrogens is 1. The average molecular weight is 668 g/mol. The standard InChI is InChI=1S/C41H55N4O4/c1-5-41(49)19-17-31-29-14-13-28-25-36(46)35(26-39(28,2)30(29)16-18-40(31,41)3)45(4)23-21-43(22-24-45)38(48)34-11-8-20-44(34)37(47)33-15-12-27-9-6-7-10-32(27)42-33/h1,6-7,9-10,12,15,28-31,34-36,46,49H,8,11,13-14,16-26H2,2-4H3/q+1/t28?,29?,30?,31?,34?,35-,36-,39-,40-,41-/m0/s1. The van der Waals surface area contributed by atoms with Crippen LogP contribution in [0, 0.1) is 46.8 Å². The number of carbonyl (C=O) groups is 2. The first kappa shape index (κ1) is 33.2. The number of terminal acetylenes is 1. The number of hydrogen-bond donors (Lipinski definition) is 2. The number of para-hydroxylation sites is 1. The van der Waals surface area contributed by atoms with Crippen LogP contribution in [0.4, 0.5) is 0 Å². The number of rotatable bonds is 3. The largest absolute Gasteiger partial charge is 0.387 e. The molecule has 262 valence electrons. The van der Waals surface area contributed by atoms with Crippen molar-refractivity contribution in [2.24, 2.45) is 34.5 Å². The van der Waals surface area contributed by atoms with Gasteiger partial charge in [-0.15, -0.1) is 6.42 Å². The molecule has 2 amide bonds. The molecule has 4 saturated carbocycles. The molecule has 6 fully saturated rings. The fourth-order valence-electron chi connectivity index (χ4n) is 12.4. The zero-order chi connectivity index (χ0) is 34.3. The lowest BCUT2D eigenvalue weighted by Gasteiger charge is -2.63. The van der Waals surface area contributed by atoms with Crippen molar-refractivity contribution in [2.75, 3.05) is 39.8 Å². The molecule has 1 aromatic carbocycles. The van der Waals surface area contributed by atoms with Crippen LogP contribution in [0.1, 0.15) is 88.5 Å². The molecule has 49 heavy (non-hydrogen) atoms. The molecule has 2 saturated heterocycles. The van der Waals surface area contributed by atoms with Crippen LogP contribution in [-0.4, -0.2) is 105 Å². The van der Waals surface area contributed by atoms with E-state index in [9.17, 15) is 19.8 Å².